The molecular formula is C8H14F3NOS. The zero-order valence-electron chi connectivity index (χ0n) is 8.31. The van der Waals surface area contributed by atoms with Crippen LogP contribution >= 0.6 is 0 Å². The third-order valence-corrected chi connectivity index (χ3v) is 2.96. The smallest absolute Gasteiger partial charge is 0.242 e. The van der Waals surface area contributed by atoms with Gasteiger partial charge in [-0.15, -0.1) is 6.58 Å². The fourth-order valence-electron chi connectivity index (χ4n) is 0.541. The largest absolute Gasteiger partial charge is 0.408 e. The summed E-state index contributed by atoms with van der Waals surface area (Å²) < 4.78 is 49.2. The minimum Gasteiger partial charge on any atom is -0.242 e. The van der Waals surface area contributed by atoms with Crippen molar-refractivity contribution in [3.8, 4) is 0 Å². The van der Waals surface area contributed by atoms with Crippen LogP contribution in [0.3, 0.4) is 0 Å². The van der Waals surface area contributed by atoms with Crippen LogP contribution in [0.15, 0.2) is 12.7 Å². The van der Waals surface area contributed by atoms with Gasteiger partial charge in [0.15, 0.2) is 0 Å². The first kappa shape index (κ1) is 13.6. The summed E-state index contributed by atoms with van der Waals surface area (Å²) in [6.45, 7) is 7.82. The van der Waals surface area contributed by atoms with E-state index < -0.39 is 28.0 Å². The lowest BCUT2D eigenvalue weighted by molar-refractivity contribution is -0.140. The maximum absolute atomic E-state index is 12.2. The average Bonchev–Trinajstić information content (AvgIpc) is 1.95. The highest BCUT2D eigenvalue weighted by molar-refractivity contribution is 7.84. The van der Waals surface area contributed by atoms with Crippen molar-refractivity contribution in [2.75, 3.05) is 0 Å². The Kier molecular flexibility index (Phi) is 4.33. The Morgan fingerprint density at radius 2 is 1.79 bits per heavy atom. The van der Waals surface area contributed by atoms with Crippen LogP contribution in [-0.4, -0.2) is 21.2 Å². The van der Waals surface area contributed by atoms with E-state index >= 15 is 0 Å². The minimum absolute atomic E-state index is 0.698. The summed E-state index contributed by atoms with van der Waals surface area (Å²) in [5.41, 5.74) is 0. The molecule has 6 heteroatoms. The summed E-state index contributed by atoms with van der Waals surface area (Å²) in [6.07, 6.45) is -3.76. The predicted molar refractivity (Wildman–Crippen MR) is 51.1 cm³/mol. The molecule has 0 radical (unpaired) electrons. The van der Waals surface area contributed by atoms with E-state index in [1.54, 1.807) is 20.8 Å². The highest BCUT2D eigenvalue weighted by atomic mass is 32.2. The van der Waals surface area contributed by atoms with Crippen molar-refractivity contribution in [1.82, 2.24) is 4.72 Å². The third-order valence-electron chi connectivity index (χ3n) is 1.38. The number of halogens is 3. The van der Waals surface area contributed by atoms with Crippen LogP contribution in [-0.2, 0) is 11.0 Å². The third kappa shape index (κ3) is 4.23. The Morgan fingerprint density at radius 1 is 1.36 bits per heavy atom. The van der Waals surface area contributed by atoms with Gasteiger partial charge in [-0.05, 0) is 20.8 Å². The molecule has 0 fully saturated rings. The average molecular weight is 229 g/mol. The van der Waals surface area contributed by atoms with Crippen molar-refractivity contribution in [1.29, 1.82) is 0 Å². The van der Waals surface area contributed by atoms with Crippen molar-refractivity contribution in [3.63, 3.8) is 0 Å². The molecule has 0 aromatic heterocycles. The molecule has 2 atom stereocenters. The van der Waals surface area contributed by atoms with Crippen molar-refractivity contribution >= 4 is 11.0 Å². The quantitative estimate of drug-likeness (QED) is 0.738. The van der Waals surface area contributed by atoms with Gasteiger partial charge in [0.2, 0.25) is 0 Å². The molecule has 0 aliphatic heterocycles. The molecule has 0 aliphatic rings. The van der Waals surface area contributed by atoms with Gasteiger partial charge in [-0.1, -0.05) is 6.08 Å². The van der Waals surface area contributed by atoms with Gasteiger partial charge in [0, 0.05) is 0 Å². The van der Waals surface area contributed by atoms with Crippen molar-refractivity contribution in [2.45, 2.75) is 37.7 Å². The summed E-state index contributed by atoms with van der Waals surface area (Å²) in [5, 5.41) is 0. The molecule has 0 spiro atoms. The van der Waals surface area contributed by atoms with Gasteiger partial charge in [0.05, 0.1) is 15.7 Å². The van der Waals surface area contributed by atoms with Crippen molar-refractivity contribution < 1.29 is 17.4 Å². The number of alkyl halides is 3. The zero-order chi connectivity index (χ0) is 11.6. The van der Waals surface area contributed by atoms with Gasteiger partial charge in [-0.3, -0.25) is 0 Å². The van der Waals surface area contributed by atoms with Gasteiger partial charge in [-0.2, -0.15) is 13.2 Å². The fraction of sp³-hybridized carbons (Fsp3) is 0.750. The second-order valence-corrected chi connectivity index (χ2v) is 5.75. The van der Waals surface area contributed by atoms with E-state index in [9.17, 15) is 17.4 Å². The second kappa shape index (κ2) is 4.44. The summed E-state index contributed by atoms with van der Waals surface area (Å²) in [6, 6.07) is -1.93. The molecule has 2 nitrogen and oxygen atoms in total. The lowest BCUT2D eigenvalue weighted by atomic mass is 10.3. The maximum atomic E-state index is 12.2. The topological polar surface area (TPSA) is 29.1 Å². The fourth-order valence-corrected chi connectivity index (χ4v) is 1.35. The molecule has 0 aliphatic carbocycles. The number of hydrogen-bond acceptors (Lipinski definition) is 1. The number of rotatable bonds is 3. The van der Waals surface area contributed by atoms with Gasteiger partial charge >= 0.3 is 6.18 Å². The van der Waals surface area contributed by atoms with E-state index in [4.69, 9.17) is 0 Å². The van der Waals surface area contributed by atoms with E-state index in [1.165, 1.54) is 0 Å². The monoisotopic (exact) mass is 229 g/mol. The first-order valence-corrected chi connectivity index (χ1v) is 5.11. The van der Waals surface area contributed by atoms with Crippen LogP contribution in [0, 0.1) is 0 Å². The number of nitrogens with one attached hydrogen (secondary N) is 1. The van der Waals surface area contributed by atoms with E-state index in [2.05, 4.69) is 6.58 Å². The van der Waals surface area contributed by atoms with E-state index in [0.29, 0.717) is 6.08 Å². The number of hydrogen-bond donors (Lipinski definition) is 1. The van der Waals surface area contributed by atoms with Gasteiger partial charge in [0.25, 0.3) is 0 Å². The molecule has 0 heterocycles. The molecule has 0 rings (SSSR count). The summed E-state index contributed by atoms with van der Waals surface area (Å²) in [4.78, 5) is 0. The molecule has 0 saturated carbocycles. The summed E-state index contributed by atoms with van der Waals surface area (Å²) in [7, 11) is -1.76. The molecule has 0 bridgehead atoms. The first-order valence-electron chi connectivity index (χ1n) is 3.96. The Balaban J connectivity index is 4.51. The lowest BCUT2D eigenvalue weighted by Gasteiger charge is -2.23. The van der Waals surface area contributed by atoms with Gasteiger partial charge in [0.1, 0.15) is 6.04 Å². The summed E-state index contributed by atoms with van der Waals surface area (Å²) in [5.74, 6) is 0. The molecule has 0 unspecified atom stereocenters. The van der Waals surface area contributed by atoms with E-state index in [0.717, 1.165) is 0 Å². The molecular weight excluding hydrogens is 215 g/mol. The SMILES string of the molecule is C=C[C@H](N[S@@](=O)C(C)(C)C)C(F)(F)F. The van der Waals surface area contributed by atoms with Crippen molar-refractivity contribution in [2.24, 2.45) is 0 Å². The van der Waals surface area contributed by atoms with Crippen LogP contribution in [0.4, 0.5) is 13.2 Å². The standard InChI is InChI=1S/C8H14F3NOS/c1-5-6(8(9,10)11)12-14(13)7(2,3)4/h5-6,12H,1H2,2-4H3/t6-,14-/m0/s1. The van der Waals surface area contributed by atoms with Crippen LogP contribution in [0.25, 0.3) is 0 Å². The van der Waals surface area contributed by atoms with Crippen LogP contribution in [0.2, 0.25) is 0 Å². The van der Waals surface area contributed by atoms with Gasteiger partial charge in [-0.25, -0.2) is 8.93 Å². The Morgan fingerprint density at radius 3 is 2.00 bits per heavy atom. The second-order valence-electron chi connectivity index (χ2n) is 3.75. The highest BCUT2D eigenvalue weighted by Gasteiger charge is 2.39. The van der Waals surface area contributed by atoms with Gasteiger partial charge < -0.3 is 0 Å². The molecule has 0 aromatic carbocycles. The van der Waals surface area contributed by atoms with E-state index in [-0.39, 0.29) is 0 Å². The van der Waals surface area contributed by atoms with Crippen LogP contribution in [0.5, 0.6) is 0 Å². The van der Waals surface area contributed by atoms with Crippen LogP contribution < -0.4 is 4.72 Å². The highest BCUT2D eigenvalue weighted by Crippen LogP contribution is 2.22. The predicted octanol–water partition coefficient (Wildman–Crippen LogP) is 2.16. The Hall–Kier alpha value is -0.360. The van der Waals surface area contributed by atoms with Crippen LogP contribution in [0.1, 0.15) is 20.8 Å². The Labute approximate surface area is 84.2 Å². The first-order chi connectivity index (χ1) is 6.09. The molecule has 1 N–H and O–H groups in total. The molecule has 84 valence electrons. The van der Waals surface area contributed by atoms with Crippen molar-refractivity contribution in [3.05, 3.63) is 12.7 Å². The molecule has 14 heavy (non-hydrogen) atoms. The molecule has 0 aromatic rings. The molecule has 0 amide bonds. The lowest BCUT2D eigenvalue weighted by Crippen LogP contribution is -2.46. The zero-order valence-corrected chi connectivity index (χ0v) is 9.13. The minimum atomic E-state index is -4.46. The molecule has 0 saturated heterocycles. The maximum Gasteiger partial charge on any atom is 0.408 e. The Bertz CT molecular complexity index is 232. The normalized spacial score (nSPS) is 17.6. The summed E-state index contributed by atoms with van der Waals surface area (Å²) >= 11 is 0. The van der Waals surface area contributed by atoms with E-state index in [1.807, 2.05) is 4.72 Å².